The van der Waals surface area contributed by atoms with Crippen molar-refractivity contribution in [3.63, 3.8) is 0 Å². The molecule has 0 aliphatic carbocycles. The average molecular weight is 743 g/mol. The van der Waals surface area contributed by atoms with Gasteiger partial charge in [0.1, 0.15) is 37.7 Å². The summed E-state index contributed by atoms with van der Waals surface area (Å²) in [7, 11) is 0. The number of hydrogen-bond acceptors (Lipinski definition) is 12. The van der Waals surface area contributed by atoms with Crippen molar-refractivity contribution in [1.82, 2.24) is 0 Å². The van der Waals surface area contributed by atoms with E-state index in [0.29, 0.717) is 22.3 Å². The first-order valence-electron chi connectivity index (χ1n) is 15.3. The third-order valence-electron chi connectivity index (χ3n) is 7.03. The van der Waals surface area contributed by atoms with Gasteiger partial charge in [0.05, 0.1) is 34.6 Å². The predicted octanol–water partition coefficient (Wildman–Crippen LogP) is 2.65. The average Bonchev–Trinajstić information content (AvgIpc) is 3.09. The number of anilines is 2. The lowest BCUT2D eigenvalue weighted by Gasteiger charge is -2.23. The van der Waals surface area contributed by atoms with Crippen LogP contribution in [0.5, 0.6) is 11.5 Å². The van der Waals surface area contributed by atoms with Gasteiger partial charge in [-0.3, -0.25) is 19.2 Å². The van der Waals surface area contributed by atoms with Crippen LogP contribution in [-0.2, 0) is 28.8 Å². The van der Waals surface area contributed by atoms with Gasteiger partial charge in [0.15, 0.2) is 13.2 Å². The van der Waals surface area contributed by atoms with Crippen LogP contribution >= 0.6 is 0 Å². The summed E-state index contributed by atoms with van der Waals surface area (Å²) < 4.78 is 10.7. The van der Waals surface area contributed by atoms with Crippen molar-refractivity contribution in [1.29, 1.82) is 10.5 Å². The Morgan fingerprint density at radius 2 is 0.852 bits per heavy atom. The molecule has 0 heterocycles. The van der Waals surface area contributed by atoms with E-state index in [1.165, 1.54) is 72.8 Å². The van der Waals surface area contributed by atoms with Crippen molar-refractivity contribution < 1.29 is 68.9 Å². The molecule has 0 spiro atoms. The molecule has 0 bridgehead atoms. The summed E-state index contributed by atoms with van der Waals surface area (Å²) in [5.74, 6) is -8.31. The second-order valence-electron chi connectivity index (χ2n) is 11.0. The molecule has 54 heavy (non-hydrogen) atoms. The monoisotopic (exact) mass is 742 g/mol. The molecule has 0 aliphatic rings. The topological polar surface area (TPSA) is 296 Å². The molecule has 0 saturated heterocycles. The number of nitriles is 2. The summed E-state index contributed by atoms with van der Waals surface area (Å²) in [5.41, 5.74) is 1.61. The molecule has 0 atom stereocenters. The van der Waals surface area contributed by atoms with Gasteiger partial charge >= 0.3 is 35.8 Å². The summed E-state index contributed by atoms with van der Waals surface area (Å²) >= 11 is 0. The van der Waals surface area contributed by atoms with Crippen LogP contribution in [0.1, 0.15) is 33.4 Å². The van der Waals surface area contributed by atoms with E-state index in [0.717, 1.165) is 9.80 Å². The smallest absolute Gasteiger partial charge is 0.341 e. The lowest BCUT2D eigenvalue weighted by Crippen LogP contribution is -2.34. The second-order valence-corrected chi connectivity index (χ2v) is 11.0. The van der Waals surface area contributed by atoms with Crippen LogP contribution in [0.4, 0.5) is 11.4 Å². The summed E-state index contributed by atoms with van der Waals surface area (Å²) in [6.07, 6.45) is 5.97. The van der Waals surface area contributed by atoms with Crippen LogP contribution in [0, 0.1) is 22.7 Å². The van der Waals surface area contributed by atoms with E-state index in [2.05, 4.69) is 0 Å². The van der Waals surface area contributed by atoms with Gasteiger partial charge in [0.2, 0.25) is 0 Å². The van der Waals surface area contributed by atoms with Crippen LogP contribution in [0.15, 0.2) is 48.5 Å². The van der Waals surface area contributed by atoms with E-state index >= 15 is 0 Å². The van der Waals surface area contributed by atoms with Gasteiger partial charge in [-0.05, 0) is 58.7 Å². The van der Waals surface area contributed by atoms with E-state index in [-0.39, 0.29) is 34.0 Å². The quantitative estimate of drug-likeness (QED) is 0.0907. The summed E-state index contributed by atoms with van der Waals surface area (Å²) in [5, 5.41) is 75.2. The summed E-state index contributed by atoms with van der Waals surface area (Å²) in [6.45, 7) is -4.53. The largest absolute Gasteiger partial charge is 0.480 e. The molecular formula is C36H30N4O14. The highest BCUT2D eigenvalue weighted by atomic mass is 16.5. The van der Waals surface area contributed by atoms with E-state index in [9.17, 15) is 59.7 Å². The molecule has 3 aromatic carbocycles. The Bertz CT molecular complexity index is 1930. The number of rotatable bonds is 20. The van der Waals surface area contributed by atoms with Gasteiger partial charge in [0.25, 0.3) is 0 Å². The van der Waals surface area contributed by atoms with Crippen molar-refractivity contribution in [3.8, 4) is 23.6 Å². The number of aliphatic carboxylic acids is 6. The third kappa shape index (κ3) is 12.2. The Labute approximate surface area is 305 Å². The number of carbonyl (C=O) groups is 6. The van der Waals surface area contributed by atoms with Gasteiger partial charge in [-0.25, -0.2) is 9.59 Å². The van der Waals surface area contributed by atoms with Gasteiger partial charge in [-0.2, -0.15) is 10.5 Å². The fraction of sp³-hybridized carbons (Fsp3) is 0.167. The molecule has 0 aromatic heterocycles. The minimum Gasteiger partial charge on any atom is -0.480 e. The fourth-order valence-corrected chi connectivity index (χ4v) is 4.88. The van der Waals surface area contributed by atoms with Crippen molar-refractivity contribution in [2.45, 2.75) is 0 Å². The van der Waals surface area contributed by atoms with Crippen LogP contribution < -0.4 is 19.3 Å². The molecule has 0 radical (unpaired) electrons. The third-order valence-corrected chi connectivity index (χ3v) is 7.03. The number of ether oxygens (including phenoxy) is 2. The van der Waals surface area contributed by atoms with Crippen molar-refractivity contribution in [2.75, 3.05) is 49.2 Å². The van der Waals surface area contributed by atoms with Crippen molar-refractivity contribution in [2.24, 2.45) is 0 Å². The molecule has 0 saturated carbocycles. The van der Waals surface area contributed by atoms with Gasteiger partial charge in [0, 0.05) is 0 Å². The number of benzene rings is 3. The van der Waals surface area contributed by atoms with Gasteiger partial charge in [-0.15, -0.1) is 0 Å². The van der Waals surface area contributed by atoms with E-state index in [4.69, 9.17) is 19.7 Å². The molecule has 0 aliphatic heterocycles. The highest BCUT2D eigenvalue weighted by Crippen LogP contribution is 2.32. The Balaban J connectivity index is 2.00. The normalized spacial score (nSPS) is 10.6. The van der Waals surface area contributed by atoms with Crippen molar-refractivity contribution in [3.05, 3.63) is 81.9 Å². The van der Waals surface area contributed by atoms with E-state index < -0.39 is 75.2 Å². The number of hydrogen-bond donors (Lipinski definition) is 6. The Morgan fingerprint density at radius 1 is 0.519 bits per heavy atom. The molecule has 3 rings (SSSR count). The number of nitrogens with zero attached hydrogens (tertiary/aromatic N) is 4. The van der Waals surface area contributed by atoms with Crippen LogP contribution in [0.25, 0.3) is 24.3 Å². The highest BCUT2D eigenvalue weighted by molar-refractivity contribution is 5.85. The minimum absolute atomic E-state index is 0.00637. The first-order chi connectivity index (χ1) is 25.6. The maximum Gasteiger partial charge on any atom is 0.341 e. The molecule has 0 fully saturated rings. The fourth-order valence-electron chi connectivity index (χ4n) is 4.88. The first kappa shape index (κ1) is 40.6. The first-order valence-corrected chi connectivity index (χ1v) is 15.3. The maximum atomic E-state index is 11.4. The van der Waals surface area contributed by atoms with Gasteiger partial charge < -0.3 is 49.9 Å². The Hall–Kier alpha value is -7.86. The van der Waals surface area contributed by atoms with E-state index in [1.807, 2.05) is 12.1 Å². The molecule has 6 N–H and O–H groups in total. The summed E-state index contributed by atoms with van der Waals surface area (Å²) in [4.78, 5) is 69.8. The second kappa shape index (κ2) is 18.9. The zero-order valence-electron chi connectivity index (χ0n) is 27.9. The molecule has 0 unspecified atom stereocenters. The predicted molar refractivity (Wildman–Crippen MR) is 188 cm³/mol. The Morgan fingerprint density at radius 3 is 1.13 bits per heavy atom. The minimum atomic E-state index is -1.34. The summed E-state index contributed by atoms with van der Waals surface area (Å²) in [6, 6.07) is 15.3. The van der Waals surface area contributed by atoms with Crippen LogP contribution in [-0.4, -0.2) is 106 Å². The van der Waals surface area contributed by atoms with Crippen LogP contribution in [0.3, 0.4) is 0 Å². The van der Waals surface area contributed by atoms with E-state index in [1.54, 1.807) is 0 Å². The maximum absolute atomic E-state index is 11.4. The SMILES string of the molecule is N#Cc1cc(/C=C/c2ccc(N(CC(=O)O)CC(=O)O)c(OCC(=O)O)c2)c(C#N)cc1/C=C/c1ccc(N(CC(=O)O)CC(=O)O)c(OCC(=O)O)c1. The van der Waals surface area contributed by atoms with Gasteiger partial charge in [-0.1, -0.05) is 36.4 Å². The molecule has 0 amide bonds. The number of carboxylic acid groups (broad SMARTS) is 6. The lowest BCUT2D eigenvalue weighted by molar-refractivity contribution is -0.140. The molecule has 18 heteroatoms. The highest BCUT2D eigenvalue weighted by Gasteiger charge is 2.21. The lowest BCUT2D eigenvalue weighted by atomic mass is 9.97. The number of carboxylic acids is 6. The standard InChI is InChI=1S/C36H30N4O14/c37-13-25-12-24(6-2-22-4-8-28(30(10-22)54-20-36(51)52)40(17-33(45)46)18-34(47)48)26(14-38)11-23(25)5-1-21-3-7-27(29(9-21)53-19-35(49)50)39(15-31(41)42)16-32(43)44/h1-12H,15-20H2,(H,41,42)(H,43,44)(H,45,46)(H,47,48)(H,49,50)(H,51,52)/b5-1+,6-2+. The molecular weight excluding hydrogens is 712 g/mol. The molecule has 3 aromatic rings. The zero-order valence-corrected chi connectivity index (χ0v) is 27.9. The Kier molecular flexibility index (Phi) is 14.2. The molecule has 18 nitrogen and oxygen atoms in total. The zero-order chi connectivity index (χ0) is 39.9. The molecule has 278 valence electrons. The van der Waals surface area contributed by atoms with Crippen molar-refractivity contribution >= 4 is 71.5 Å². The van der Waals surface area contributed by atoms with Crippen LogP contribution in [0.2, 0.25) is 0 Å².